The fraction of sp³-hybridized carbons (Fsp3) is 0.214. The van der Waals surface area contributed by atoms with Crippen LogP contribution in [0.1, 0.15) is 35.6 Å². The van der Waals surface area contributed by atoms with Gasteiger partial charge in [0.1, 0.15) is 18.4 Å². The highest BCUT2D eigenvalue weighted by Gasteiger charge is 2.16. The fourth-order valence-electron chi connectivity index (χ4n) is 4.37. The number of carbonyl (C=O) groups is 1. The number of H-pyrrole nitrogens is 1. The van der Waals surface area contributed by atoms with E-state index in [4.69, 9.17) is 5.26 Å². The van der Waals surface area contributed by atoms with Crippen molar-refractivity contribution in [2.45, 2.75) is 31.9 Å². The van der Waals surface area contributed by atoms with Crippen LogP contribution in [0.5, 0.6) is 0 Å². The molecule has 0 aliphatic heterocycles. The van der Waals surface area contributed by atoms with Crippen molar-refractivity contribution in [1.82, 2.24) is 29.1 Å². The topological polar surface area (TPSA) is 152 Å². The number of benzene rings is 2. The normalized spacial score (nSPS) is 13.8. The molecule has 0 fully saturated rings. The van der Waals surface area contributed by atoms with E-state index in [0.29, 0.717) is 22.1 Å². The number of aliphatic hydroxyl groups excluding tert-OH is 1. The summed E-state index contributed by atoms with van der Waals surface area (Å²) in [5.74, 6) is -0.275. The number of hydrogen-bond acceptors (Lipinski definition) is 8. The van der Waals surface area contributed by atoms with Crippen LogP contribution in [0.3, 0.4) is 0 Å². The van der Waals surface area contributed by atoms with Crippen LogP contribution in [0.15, 0.2) is 59.8 Å². The highest BCUT2D eigenvalue weighted by Crippen LogP contribution is 2.28. The van der Waals surface area contributed by atoms with Gasteiger partial charge in [0, 0.05) is 0 Å². The van der Waals surface area contributed by atoms with E-state index in [2.05, 4.69) is 49.7 Å². The van der Waals surface area contributed by atoms with Crippen LogP contribution in [0.2, 0.25) is 0 Å². The molecule has 0 amide bonds. The van der Waals surface area contributed by atoms with Crippen molar-refractivity contribution < 1.29 is 14.6 Å². The molecule has 0 radical (unpaired) electrons. The molecule has 3 heterocycles. The summed E-state index contributed by atoms with van der Waals surface area (Å²) in [5.41, 5.74) is 4.47. The van der Waals surface area contributed by atoms with Gasteiger partial charge in [0.25, 0.3) is 0 Å². The fourth-order valence-corrected chi connectivity index (χ4v) is 4.37. The quantitative estimate of drug-likeness (QED) is 0.271. The molecule has 0 spiro atoms. The van der Waals surface area contributed by atoms with Crippen molar-refractivity contribution in [3.63, 3.8) is 0 Å². The van der Waals surface area contributed by atoms with Crippen LogP contribution in [-0.4, -0.2) is 47.3 Å². The van der Waals surface area contributed by atoms with Crippen LogP contribution in [0.25, 0.3) is 28.1 Å². The predicted octanol–water partition coefficient (Wildman–Crippen LogP) is 2.81. The molecular weight excluding hydrogens is 498 g/mol. The molecule has 2 N–H and O–H groups in total. The highest BCUT2D eigenvalue weighted by molar-refractivity contribution is 5.79. The number of nitrogens with zero attached hydrogens (tertiary/aromatic N) is 6. The van der Waals surface area contributed by atoms with Crippen molar-refractivity contribution in [1.29, 1.82) is 5.26 Å². The number of aliphatic hydroxyl groups is 1. The van der Waals surface area contributed by atoms with Gasteiger partial charge in [0.05, 0.1) is 42.1 Å². The minimum absolute atomic E-state index is 0.208. The lowest BCUT2D eigenvalue weighted by Crippen LogP contribution is -2.22. The SMILES string of the molecule is C#C.COC(=O)Cn1c(=O)[nH]c2nc(-n3cnc4ccc(C#N)cc43)ncc21.O[C@@H]1CCCc2ccccc21. The molecule has 0 saturated heterocycles. The van der Waals surface area contributed by atoms with E-state index in [0.717, 1.165) is 24.8 Å². The Morgan fingerprint density at radius 1 is 1.23 bits per heavy atom. The molecule has 5 aromatic rings. The van der Waals surface area contributed by atoms with E-state index in [-0.39, 0.29) is 24.2 Å². The van der Waals surface area contributed by atoms with Gasteiger partial charge >= 0.3 is 11.7 Å². The average molecular weight is 524 g/mol. The molecule has 11 heteroatoms. The van der Waals surface area contributed by atoms with E-state index < -0.39 is 11.7 Å². The third kappa shape index (κ3) is 5.54. The molecule has 3 aromatic heterocycles. The van der Waals surface area contributed by atoms with Gasteiger partial charge in [-0.15, -0.1) is 12.8 Å². The lowest BCUT2D eigenvalue weighted by Gasteiger charge is -2.20. The van der Waals surface area contributed by atoms with E-state index in [1.54, 1.807) is 22.8 Å². The maximum absolute atomic E-state index is 12.1. The lowest BCUT2D eigenvalue weighted by molar-refractivity contribution is -0.141. The molecular formula is C28H25N7O4. The molecule has 1 aliphatic carbocycles. The Morgan fingerprint density at radius 3 is 2.77 bits per heavy atom. The molecule has 1 aliphatic rings. The number of nitriles is 1. The van der Waals surface area contributed by atoms with Gasteiger partial charge in [-0.1, -0.05) is 24.3 Å². The number of aryl methyl sites for hydroxylation is 1. The van der Waals surface area contributed by atoms with Crippen LogP contribution in [0.4, 0.5) is 0 Å². The van der Waals surface area contributed by atoms with Crippen LogP contribution < -0.4 is 5.69 Å². The smallest absolute Gasteiger partial charge is 0.328 e. The average Bonchev–Trinajstić information content (AvgIpc) is 3.54. The number of hydrogen-bond donors (Lipinski definition) is 2. The molecule has 6 rings (SSSR count). The number of methoxy groups -OCH3 is 1. The summed E-state index contributed by atoms with van der Waals surface area (Å²) in [6, 6.07) is 15.3. The zero-order valence-corrected chi connectivity index (χ0v) is 21.1. The van der Waals surface area contributed by atoms with Crippen molar-refractivity contribution in [3.8, 4) is 24.9 Å². The number of imidazole rings is 2. The number of fused-ring (bicyclic) bond motifs is 3. The van der Waals surface area contributed by atoms with Crippen molar-refractivity contribution in [3.05, 3.63) is 82.2 Å². The third-order valence-corrected chi connectivity index (χ3v) is 6.26. The maximum atomic E-state index is 12.1. The Balaban J connectivity index is 0.000000226. The van der Waals surface area contributed by atoms with Crippen molar-refractivity contribution in [2.24, 2.45) is 0 Å². The van der Waals surface area contributed by atoms with Crippen molar-refractivity contribution in [2.75, 3.05) is 7.11 Å². The van der Waals surface area contributed by atoms with E-state index in [1.807, 2.05) is 18.2 Å². The molecule has 0 bridgehead atoms. The minimum Gasteiger partial charge on any atom is -0.468 e. The number of terminal acetylenes is 1. The van der Waals surface area contributed by atoms with Gasteiger partial charge < -0.3 is 9.84 Å². The molecule has 196 valence electrons. The largest absolute Gasteiger partial charge is 0.468 e. The summed E-state index contributed by atoms with van der Waals surface area (Å²) in [7, 11) is 1.25. The number of aromatic nitrogens is 6. The van der Waals surface area contributed by atoms with Crippen LogP contribution >= 0.6 is 0 Å². The zero-order valence-electron chi connectivity index (χ0n) is 21.1. The van der Waals surface area contributed by atoms with E-state index in [9.17, 15) is 14.7 Å². The van der Waals surface area contributed by atoms with Gasteiger partial charge in [0.15, 0.2) is 5.65 Å². The monoisotopic (exact) mass is 523 g/mol. The molecule has 0 unspecified atom stereocenters. The maximum Gasteiger partial charge on any atom is 0.328 e. The van der Waals surface area contributed by atoms with Gasteiger partial charge in [-0.25, -0.2) is 14.8 Å². The molecule has 0 saturated carbocycles. The second-order valence-electron chi connectivity index (χ2n) is 8.53. The first-order valence-electron chi connectivity index (χ1n) is 12.0. The number of ether oxygens (including phenoxy) is 1. The van der Waals surface area contributed by atoms with Crippen LogP contribution in [-0.2, 0) is 22.5 Å². The summed E-state index contributed by atoms with van der Waals surface area (Å²) < 4.78 is 7.40. The van der Waals surface area contributed by atoms with Gasteiger partial charge in [-0.2, -0.15) is 10.2 Å². The lowest BCUT2D eigenvalue weighted by atomic mass is 9.90. The summed E-state index contributed by atoms with van der Waals surface area (Å²) in [6.07, 6.45) is 14.0. The second-order valence-corrected chi connectivity index (χ2v) is 8.53. The Labute approximate surface area is 223 Å². The first-order chi connectivity index (χ1) is 19.0. The Morgan fingerprint density at radius 2 is 2.03 bits per heavy atom. The third-order valence-electron chi connectivity index (χ3n) is 6.26. The predicted molar refractivity (Wildman–Crippen MR) is 144 cm³/mol. The molecule has 1 atom stereocenters. The zero-order chi connectivity index (χ0) is 27.9. The van der Waals surface area contributed by atoms with Gasteiger partial charge in [-0.3, -0.25) is 18.9 Å². The number of aromatic amines is 1. The number of carbonyl (C=O) groups excluding carboxylic acids is 1. The van der Waals surface area contributed by atoms with Crippen molar-refractivity contribution >= 4 is 28.2 Å². The molecule has 39 heavy (non-hydrogen) atoms. The number of rotatable bonds is 3. The number of nitrogens with one attached hydrogen (secondary N) is 1. The highest BCUT2D eigenvalue weighted by atomic mass is 16.5. The van der Waals surface area contributed by atoms with Gasteiger partial charge in [-0.05, 0) is 48.6 Å². The summed E-state index contributed by atoms with van der Waals surface area (Å²) in [4.78, 5) is 39.0. The summed E-state index contributed by atoms with van der Waals surface area (Å²) >= 11 is 0. The summed E-state index contributed by atoms with van der Waals surface area (Å²) in [5, 5.41) is 18.6. The minimum atomic E-state index is -0.554. The standard InChI is InChI=1S/C16H11N7O3.C10H12O.C2H2/c1-26-13(24)7-22-12-6-18-15(20-14(12)21-16(22)25)23-8-19-10-3-2-9(5-17)4-11(10)23;11-10-7-3-5-8-4-1-2-6-9(8)10;1-2/h2-4,6,8H,7H2,1H3,(H,18,20,21,25);1-2,4,6,10-11H,3,5,7H2;1-2H/t;10-;/m.1./s1. The van der Waals surface area contributed by atoms with E-state index in [1.165, 1.54) is 29.8 Å². The summed E-state index contributed by atoms with van der Waals surface area (Å²) in [6.45, 7) is -0.239. The van der Waals surface area contributed by atoms with E-state index >= 15 is 0 Å². The molecule has 11 nitrogen and oxygen atoms in total. The molecule has 2 aromatic carbocycles. The van der Waals surface area contributed by atoms with Gasteiger partial charge in [0.2, 0.25) is 5.95 Å². The first kappa shape index (κ1) is 26.8. The Kier molecular flexibility index (Phi) is 8.15. The van der Waals surface area contributed by atoms with Crippen LogP contribution in [0, 0.1) is 24.2 Å². The first-order valence-corrected chi connectivity index (χ1v) is 12.0. The Hall–Kier alpha value is -5.26. The second kappa shape index (κ2) is 11.9. The Bertz CT molecular complexity index is 1760. The number of esters is 1.